The smallest absolute Gasteiger partial charge is 0.105 e. The van der Waals surface area contributed by atoms with Crippen molar-refractivity contribution in [3.05, 3.63) is 0 Å². The molecular formula is C33H69NO. The van der Waals surface area contributed by atoms with Gasteiger partial charge in [0.1, 0.15) is 6.23 Å². The molecule has 0 spiro atoms. The summed E-state index contributed by atoms with van der Waals surface area (Å²) in [5.41, 5.74) is 6.24. The summed E-state index contributed by atoms with van der Waals surface area (Å²) < 4.78 is 6.27. The Bertz CT molecular complexity index is 344. The van der Waals surface area contributed by atoms with Gasteiger partial charge in [-0.05, 0) is 19.3 Å². The Labute approximate surface area is 223 Å². The van der Waals surface area contributed by atoms with E-state index in [4.69, 9.17) is 10.5 Å². The van der Waals surface area contributed by atoms with E-state index in [9.17, 15) is 0 Å². The first-order chi connectivity index (χ1) is 17.2. The standard InChI is InChI=1S/C33H69NO/c1-4-7-9-11-13-15-17-19-21-23-25-27-30-32(35-33(34)29-6-3)31-28-26-24-22-20-18-16-14-12-10-8-5-2/h32-33H,4-31,34H2,1-3H3. The molecule has 0 amide bonds. The first kappa shape index (κ1) is 34.9. The maximum atomic E-state index is 6.27. The Hall–Kier alpha value is -0.0800. The second kappa shape index (κ2) is 30.1. The lowest BCUT2D eigenvalue weighted by molar-refractivity contribution is -0.0235. The van der Waals surface area contributed by atoms with Crippen molar-refractivity contribution in [2.24, 2.45) is 5.73 Å². The van der Waals surface area contributed by atoms with Crippen LogP contribution in [0.5, 0.6) is 0 Å². The summed E-state index contributed by atoms with van der Waals surface area (Å²) in [6.45, 7) is 6.80. The molecule has 0 aromatic heterocycles. The van der Waals surface area contributed by atoms with Gasteiger partial charge < -0.3 is 10.5 Å². The van der Waals surface area contributed by atoms with Gasteiger partial charge in [-0.1, -0.05) is 181 Å². The molecule has 0 aliphatic heterocycles. The van der Waals surface area contributed by atoms with E-state index >= 15 is 0 Å². The van der Waals surface area contributed by atoms with Gasteiger partial charge in [0.2, 0.25) is 0 Å². The van der Waals surface area contributed by atoms with Crippen LogP contribution < -0.4 is 5.73 Å². The first-order valence-electron chi connectivity index (χ1n) is 16.7. The predicted molar refractivity (Wildman–Crippen MR) is 159 cm³/mol. The molecule has 35 heavy (non-hydrogen) atoms. The quantitative estimate of drug-likeness (QED) is 0.0794. The van der Waals surface area contributed by atoms with Crippen LogP contribution in [0.4, 0.5) is 0 Å². The topological polar surface area (TPSA) is 35.2 Å². The molecule has 0 saturated carbocycles. The Morgan fingerprint density at radius 2 is 0.657 bits per heavy atom. The van der Waals surface area contributed by atoms with Gasteiger partial charge in [0.25, 0.3) is 0 Å². The van der Waals surface area contributed by atoms with Gasteiger partial charge in [-0.25, -0.2) is 0 Å². The van der Waals surface area contributed by atoms with Gasteiger partial charge >= 0.3 is 0 Å². The van der Waals surface area contributed by atoms with Crippen LogP contribution in [0.25, 0.3) is 0 Å². The highest BCUT2D eigenvalue weighted by Gasteiger charge is 2.13. The zero-order valence-corrected chi connectivity index (χ0v) is 24.9. The molecule has 0 bridgehead atoms. The second-order valence-electron chi connectivity index (χ2n) is 11.4. The molecule has 0 rings (SSSR count). The van der Waals surface area contributed by atoms with E-state index in [1.165, 1.54) is 167 Å². The van der Waals surface area contributed by atoms with Gasteiger partial charge in [-0.2, -0.15) is 0 Å². The highest BCUT2D eigenvalue weighted by atomic mass is 16.5. The van der Waals surface area contributed by atoms with Crippen molar-refractivity contribution in [2.45, 2.75) is 213 Å². The van der Waals surface area contributed by atoms with Gasteiger partial charge in [0, 0.05) is 0 Å². The van der Waals surface area contributed by atoms with Crippen molar-refractivity contribution >= 4 is 0 Å². The van der Waals surface area contributed by atoms with E-state index in [0.717, 1.165) is 12.8 Å². The second-order valence-corrected chi connectivity index (χ2v) is 11.4. The molecule has 2 heteroatoms. The Morgan fingerprint density at radius 3 is 0.943 bits per heavy atom. The van der Waals surface area contributed by atoms with Crippen molar-refractivity contribution in [1.82, 2.24) is 0 Å². The van der Waals surface area contributed by atoms with Crippen LogP contribution >= 0.6 is 0 Å². The van der Waals surface area contributed by atoms with Crippen LogP contribution in [-0.4, -0.2) is 12.3 Å². The average molecular weight is 496 g/mol. The Kier molecular flexibility index (Phi) is 30.1. The molecule has 1 unspecified atom stereocenters. The molecule has 0 radical (unpaired) electrons. The van der Waals surface area contributed by atoms with Crippen molar-refractivity contribution in [1.29, 1.82) is 0 Å². The van der Waals surface area contributed by atoms with E-state index in [-0.39, 0.29) is 6.23 Å². The summed E-state index contributed by atoms with van der Waals surface area (Å²) in [5, 5.41) is 0. The van der Waals surface area contributed by atoms with E-state index < -0.39 is 0 Å². The van der Waals surface area contributed by atoms with E-state index in [0.29, 0.717) is 6.10 Å². The average Bonchev–Trinajstić information content (AvgIpc) is 2.85. The number of nitrogens with two attached hydrogens (primary N) is 1. The van der Waals surface area contributed by atoms with Gasteiger partial charge in [-0.3, -0.25) is 0 Å². The maximum Gasteiger partial charge on any atom is 0.105 e. The Balaban J connectivity index is 3.71. The molecule has 212 valence electrons. The SMILES string of the molecule is CCCCCCCCCCCCCCC(CCCCCCCCCCCCCC)OC(N)CCC. The normalized spacial score (nSPS) is 12.6. The van der Waals surface area contributed by atoms with Crippen molar-refractivity contribution in [3.63, 3.8) is 0 Å². The molecule has 0 aromatic rings. The fourth-order valence-electron chi connectivity index (χ4n) is 5.31. The highest BCUT2D eigenvalue weighted by Crippen LogP contribution is 2.19. The summed E-state index contributed by atoms with van der Waals surface area (Å²) in [5.74, 6) is 0. The molecule has 0 saturated heterocycles. The summed E-state index contributed by atoms with van der Waals surface area (Å²) in [4.78, 5) is 0. The number of hydrogen-bond acceptors (Lipinski definition) is 2. The van der Waals surface area contributed by atoms with Crippen LogP contribution in [0.1, 0.15) is 201 Å². The van der Waals surface area contributed by atoms with Gasteiger partial charge in [0.15, 0.2) is 0 Å². The molecule has 0 heterocycles. The molecule has 2 nitrogen and oxygen atoms in total. The van der Waals surface area contributed by atoms with E-state index in [1.807, 2.05) is 0 Å². The van der Waals surface area contributed by atoms with Crippen LogP contribution in [0.15, 0.2) is 0 Å². The summed E-state index contributed by atoms with van der Waals surface area (Å²) >= 11 is 0. The largest absolute Gasteiger partial charge is 0.360 e. The Morgan fingerprint density at radius 1 is 0.371 bits per heavy atom. The van der Waals surface area contributed by atoms with Gasteiger partial charge in [0.05, 0.1) is 6.10 Å². The van der Waals surface area contributed by atoms with E-state index in [2.05, 4.69) is 20.8 Å². The lowest BCUT2D eigenvalue weighted by Crippen LogP contribution is -2.29. The third-order valence-electron chi connectivity index (χ3n) is 7.70. The molecule has 0 fully saturated rings. The summed E-state index contributed by atoms with van der Waals surface area (Å²) in [6.07, 6.45) is 38.9. The van der Waals surface area contributed by atoms with Crippen molar-refractivity contribution in [2.75, 3.05) is 0 Å². The molecule has 0 aliphatic carbocycles. The third-order valence-corrected chi connectivity index (χ3v) is 7.70. The van der Waals surface area contributed by atoms with Crippen LogP contribution in [0.3, 0.4) is 0 Å². The van der Waals surface area contributed by atoms with Crippen LogP contribution in [0, 0.1) is 0 Å². The molecule has 1 atom stereocenters. The summed E-state index contributed by atoms with van der Waals surface area (Å²) in [6, 6.07) is 0. The molecule has 0 aliphatic rings. The lowest BCUT2D eigenvalue weighted by atomic mass is 10.0. The number of hydrogen-bond donors (Lipinski definition) is 1. The monoisotopic (exact) mass is 496 g/mol. The minimum absolute atomic E-state index is 0.0559. The first-order valence-corrected chi connectivity index (χ1v) is 16.7. The molecule has 2 N–H and O–H groups in total. The maximum absolute atomic E-state index is 6.27. The third kappa shape index (κ3) is 28.3. The van der Waals surface area contributed by atoms with Crippen LogP contribution in [-0.2, 0) is 4.74 Å². The number of unbranched alkanes of at least 4 members (excludes halogenated alkanes) is 22. The summed E-state index contributed by atoms with van der Waals surface area (Å²) in [7, 11) is 0. The minimum atomic E-state index is -0.0559. The minimum Gasteiger partial charge on any atom is -0.360 e. The highest BCUT2D eigenvalue weighted by molar-refractivity contribution is 4.63. The fraction of sp³-hybridized carbons (Fsp3) is 1.00. The van der Waals surface area contributed by atoms with Crippen LogP contribution in [0.2, 0.25) is 0 Å². The molecule has 0 aromatic carbocycles. The number of ether oxygens (including phenoxy) is 1. The fourth-order valence-corrected chi connectivity index (χ4v) is 5.31. The zero-order chi connectivity index (χ0) is 25.7. The van der Waals surface area contributed by atoms with Crippen molar-refractivity contribution < 1.29 is 4.74 Å². The number of rotatable bonds is 30. The van der Waals surface area contributed by atoms with Crippen molar-refractivity contribution in [3.8, 4) is 0 Å². The zero-order valence-electron chi connectivity index (χ0n) is 24.9. The predicted octanol–water partition coefficient (Wildman–Crippen LogP) is 11.6. The van der Waals surface area contributed by atoms with E-state index in [1.54, 1.807) is 0 Å². The molecular weight excluding hydrogens is 426 g/mol. The van der Waals surface area contributed by atoms with Gasteiger partial charge in [-0.15, -0.1) is 0 Å². The lowest BCUT2D eigenvalue weighted by Gasteiger charge is -2.22.